The van der Waals surface area contributed by atoms with Crippen molar-refractivity contribution in [2.24, 2.45) is 0 Å². The lowest BCUT2D eigenvalue weighted by Crippen LogP contribution is -1.90. The molecule has 0 spiro atoms. The molecule has 5 nitrogen and oxygen atoms in total. The summed E-state index contributed by atoms with van der Waals surface area (Å²) in [6.07, 6.45) is 1.84. The van der Waals surface area contributed by atoms with Gasteiger partial charge in [-0.15, -0.1) is 0 Å². The standard InChI is InChI=1S/C12H12N4O/c1-2-16-7-14-10-5-8(3-4-11(10)16)9-6-12(13)17-15-9/h3-7H,2,13H2,1H3. The van der Waals surface area contributed by atoms with Gasteiger partial charge in [-0.3, -0.25) is 0 Å². The summed E-state index contributed by atoms with van der Waals surface area (Å²) < 4.78 is 6.95. The van der Waals surface area contributed by atoms with Crippen LogP contribution in [0.1, 0.15) is 6.92 Å². The molecular formula is C12H12N4O. The van der Waals surface area contributed by atoms with Crippen molar-refractivity contribution in [3.05, 3.63) is 30.6 Å². The van der Waals surface area contributed by atoms with Crippen molar-refractivity contribution in [3.8, 4) is 11.3 Å². The van der Waals surface area contributed by atoms with Crippen molar-refractivity contribution >= 4 is 16.9 Å². The summed E-state index contributed by atoms with van der Waals surface area (Å²) in [7, 11) is 0. The third-order valence-electron chi connectivity index (χ3n) is 2.79. The molecule has 0 aliphatic heterocycles. The largest absolute Gasteiger partial charge is 0.368 e. The molecule has 0 aliphatic rings. The van der Waals surface area contributed by atoms with Crippen LogP contribution in [0.4, 0.5) is 5.88 Å². The third-order valence-corrected chi connectivity index (χ3v) is 2.79. The molecule has 86 valence electrons. The first-order chi connectivity index (χ1) is 8.28. The summed E-state index contributed by atoms with van der Waals surface area (Å²) in [5.41, 5.74) is 9.26. The fourth-order valence-corrected chi connectivity index (χ4v) is 1.90. The van der Waals surface area contributed by atoms with E-state index in [1.807, 2.05) is 24.5 Å². The summed E-state index contributed by atoms with van der Waals surface area (Å²) in [4.78, 5) is 4.36. The van der Waals surface area contributed by atoms with Gasteiger partial charge in [0.15, 0.2) is 0 Å². The Bertz CT molecular complexity index is 668. The second-order valence-electron chi connectivity index (χ2n) is 3.85. The number of aryl methyl sites for hydroxylation is 1. The van der Waals surface area contributed by atoms with Gasteiger partial charge in [-0.05, 0) is 19.1 Å². The highest BCUT2D eigenvalue weighted by molar-refractivity contribution is 5.81. The van der Waals surface area contributed by atoms with Crippen LogP contribution in [0.15, 0.2) is 35.1 Å². The van der Waals surface area contributed by atoms with Gasteiger partial charge in [-0.2, -0.15) is 0 Å². The van der Waals surface area contributed by atoms with E-state index < -0.39 is 0 Å². The van der Waals surface area contributed by atoms with Crippen LogP contribution in [-0.4, -0.2) is 14.7 Å². The number of nitrogen functional groups attached to an aromatic ring is 1. The molecule has 0 aliphatic carbocycles. The summed E-state index contributed by atoms with van der Waals surface area (Å²) in [5, 5.41) is 3.89. The van der Waals surface area contributed by atoms with Gasteiger partial charge in [0.05, 0.1) is 17.4 Å². The van der Waals surface area contributed by atoms with E-state index in [-0.39, 0.29) is 0 Å². The number of benzene rings is 1. The Morgan fingerprint density at radius 3 is 2.94 bits per heavy atom. The fourth-order valence-electron chi connectivity index (χ4n) is 1.90. The number of nitrogens with zero attached hydrogens (tertiary/aromatic N) is 3. The van der Waals surface area contributed by atoms with Gasteiger partial charge in [0.2, 0.25) is 5.88 Å². The molecule has 5 heteroatoms. The van der Waals surface area contributed by atoms with Crippen LogP contribution in [0.2, 0.25) is 0 Å². The minimum Gasteiger partial charge on any atom is -0.368 e. The van der Waals surface area contributed by atoms with E-state index in [0.29, 0.717) is 5.88 Å². The van der Waals surface area contributed by atoms with Gasteiger partial charge in [0.25, 0.3) is 0 Å². The molecule has 0 atom stereocenters. The molecule has 0 saturated heterocycles. The Balaban J connectivity index is 2.14. The Labute approximate surface area is 97.8 Å². The maximum atomic E-state index is 5.51. The second-order valence-corrected chi connectivity index (χ2v) is 3.85. The van der Waals surface area contributed by atoms with Crippen LogP contribution in [0.25, 0.3) is 22.3 Å². The molecule has 0 saturated carbocycles. The van der Waals surface area contributed by atoms with Gasteiger partial charge in [0.1, 0.15) is 5.69 Å². The van der Waals surface area contributed by atoms with Crippen LogP contribution in [0.5, 0.6) is 0 Å². The lowest BCUT2D eigenvalue weighted by molar-refractivity contribution is 0.439. The first-order valence-corrected chi connectivity index (χ1v) is 5.45. The van der Waals surface area contributed by atoms with E-state index in [1.165, 1.54) is 0 Å². The van der Waals surface area contributed by atoms with E-state index in [9.17, 15) is 0 Å². The van der Waals surface area contributed by atoms with Gasteiger partial charge in [-0.1, -0.05) is 11.2 Å². The molecule has 2 heterocycles. The monoisotopic (exact) mass is 228 g/mol. The highest BCUT2D eigenvalue weighted by Crippen LogP contribution is 2.24. The van der Waals surface area contributed by atoms with E-state index in [0.717, 1.165) is 28.8 Å². The quantitative estimate of drug-likeness (QED) is 0.730. The Hall–Kier alpha value is -2.30. The molecule has 3 aromatic rings. The second kappa shape index (κ2) is 3.62. The predicted molar refractivity (Wildman–Crippen MR) is 65.3 cm³/mol. The van der Waals surface area contributed by atoms with Crippen LogP contribution in [0.3, 0.4) is 0 Å². The van der Waals surface area contributed by atoms with E-state index >= 15 is 0 Å². The van der Waals surface area contributed by atoms with Crippen molar-refractivity contribution in [1.29, 1.82) is 0 Å². The molecule has 0 radical (unpaired) electrons. The average Bonchev–Trinajstić information content (AvgIpc) is 2.94. The maximum absolute atomic E-state index is 5.51. The zero-order chi connectivity index (χ0) is 11.8. The van der Waals surface area contributed by atoms with Crippen LogP contribution < -0.4 is 5.73 Å². The van der Waals surface area contributed by atoms with Crippen LogP contribution >= 0.6 is 0 Å². The average molecular weight is 228 g/mol. The molecule has 2 aromatic heterocycles. The first-order valence-electron chi connectivity index (χ1n) is 5.45. The Kier molecular flexibility index (Phi) is 2.11. The van der Waals surface area contributed by atoms with Crippen LogP contribution in [-0.2, 0) is 6.54 Å². The predicted octanol–water partition coefficient (Wildman–Crippen LogP) is 2.29. The van der Waals surface area contributed by atoms with Crippen molar-refractivity contribution in [1.82, 2.24) is 14.7 Å². The minimum absolute atomic E-state index is 0.319. The minimum atomic E-state index is 0.319. The molecule has 0 bridgehead atoms. The normalized spacial score (nSPS) is 11.1. The van der Waals surface area contributed by atoms with Gasteiger partial charge in [0, 0.05) is 18.2 Å². The molecule has 0 amide bonds. The smallest absolute Gasteiger partial charge is 0.222 e. The number of hydrogen-bond acceptors (Lipinski definition) is 4. The lowest BCUT2D eigenvalue weighted by atomic mass is 10.1. The van der Waals surface area contributed by atoms with Crippen molar-refractivity contribution in [2.45, 2.75) is 13.5 Å². The summed E-state index contributed by atoms with van der Waals surface area (Å²) in [6.45, 7) is 3.00. The number of hydrogen-bond donors (Lipinski definition) is 1. The van der Waals surface area contributed by atoms with Gasteiger partial charge >= 0.3 is 0 Å². The van der Waals surface area contributed by atoms with Crippen molar-refractivity contribution < 1.29 is 4.52 Å². The molecular weight excluding hydrogens is 216 g/mol. The maximum Gasteiger partial charge on any atom is 0.222 e. The molecule has 17 heavy (non-hydrogen) atoms. The molecule has 3 rings (SSSR count). The Morgan fingerprint density at radius 2 is 2.24 bits per heavy atom. The molecule has 0 unspecified atom stereocenters. The number of rotatable bonds is 2. The first kappa shape index (κ1) is 9.89. The molecule has 0 fully saturated rings. The number of aromatic nitrogens is 3. The van der Waals surface area contributed by atoms with Gasteiger partial charge in [-0.25, -0.2) is 4.98 Å². The molecule has 2 N–H and O–H groups in total. The lowest BCUT2D eigenvalue weighted by Gasteiger charge is -1.99. The van der Waals surface area contributed by atoms with E-state index in [1.54, 1.807) is 6.07 Å². The Morgan fingerprint density at radius 1 is 1.35 bits per heavy atom. The van der Waals surface area contributed by atoms with Crippen molar-refractivity contribution in [2.75, 3.05) is 5.73 Å². The van der Waals surface area contributed by atoms with Gasteiger partial charge < -0.3 is 14.8 Å². The highest BCUT2D eigenvalue weighted by atomic mass is 16.5. The number of anilines is 1. The zero-order valence-corrected chi connectivity index (χ0v) is 9.42. The number of nitrogens with two attached hydrogens (primary N) is 1. The van der Waals surface area contributed by atoms with E-state index in [2.05, 4.69) is 21.6 Å². The van der Waals surface area contributed by atoms with E-state index in [4.69, 9.17) is 10.3 Å². The topological polar surface area (TPSA) is 69.9 Å². The summed E-state index contributed by atoms with van der Waals surface area (Å²) in [5.74, 6) is 0.319. The molecule has 1 aromatic carbocycles. The third kappa shape index (κ3) is 1.56. The summed E-state index contributed by atoms with van der Waals surface area (Å²) in [6, 6.07) is 7.72. The summed E-state index contributed by atoms with van der Waals surface area (Å²) >= 11 is 0. The SMILES string of the molecule is CCn1cnc2cc(-c3cc(N)on3)ccc21. The van der Waals surface area contributed by atoms with Crippen molar-refractivity contribution in [3.63, 3.8) is 0 Å². The highest BCUT2D eigenvalue weighted by Gasteiger charge is 2.07. The number of imidazole rings is 1. The fraction of sp³-hybridized carbons (Fsp3) is 0.167. The van der Waals surface area contributed by atoms with Crippen LogP contribution in [0, 0.1) is 0 Å². The zero-order valence-electron chi connectivity index (χ0n) is 9.42. The number of fused-ring (bicyclic) bond motifs is 1.